The van der Waals surface area contributed by atoms with Crippen LogP contribution in [0, 0.1) is 23.0 Å². The Hall–Kier alpha value is -2.42. The predicted octanol–water partition coefficient (Wildman–Crippen LogP) is 4.82. The van der Waals surface area contributed by atoms with Gasteiger partial charge in [0.25, 0.3) is 5.91 Å². The topological polar surface area (TPSA) is 52.9 Å². The third-order valence-corrected chi connectivity index (χ3v) is 3.49. The summed E-state index contributed by atoms with van der Waals surface area (Å²) in [6.07, 6.45) is 1.20. The molecule has 0 fully saturated rings. The molecule has 0 saturated carbocycles. The van der Waals surface area contributed by atoms with Gasteiger partial charge in [-0.1, -0.05) is 29.3 Å². The number of halogens is 4. The molecule has 23 heavy (non-hydrogen) atoms. The summed E-state index contributed by atoms with van der Waals surface area (Å²) in [7, 11) is 0. The van der Waals surface area contributed by atoms with E-state index in [1.165, 1.54) is 6.08 Å². The van der Waals surface area contributed by atoms with Crippen molar-refractivity contribution < 1.29 is 13.6 Å². The Morgan fingerprint density at radius 1 is 1.17 bits per heavy atom. The minimum Gasteiger partial charge on any atom is -0.319 e. The van der Waals surface area contributed by atoms with Crippen molar-refractivity contribution >= 4 is 40.9 Å². The molecule has 0 saturated heterocycles. The van der Waals surface area contributed by atoms with Crippen molar-refractivity contribution in [2.24, 2.45) is 0 Å². The summed E-state index contributed by atoms with van der Waals surface area (Å²) in [5.41, 5.74) is -0.284. The Morgan fingerprint density at radius 3 is 2.39 bits per heavy atom. The monoisotopic (exact) mass is 352 g/mol. The van der Waals surface area contributed by atoms with Crippen LogP contribution in [0.15, 0.2) is 42.0 Å². The maximum Gasteiger partial charge on any atom is 0.266 e. The van der Waals surface area contributed by atoms with Gasteiger partial charge in [-0.2, -0.15) is 5.26 Å². The molecule has 3 nitrogen and oxygen atoms in total. The van der Waals surface area contributed by atoms with Gasteiger partial charge in [0.15, 0.2) is 0 Å². The van der Waals surface area contributed by atoms with Crippen LogP contribution in [0.3, 0.4) is 0 Å². The van der Waals surface area contributed by atoms with E-state index in [9.17, 15) is 13.6 Å². The molecule has 0 spiro atoms. The third-order valence-electron chi connectivity index (χ3n) is 2.83. The van der Waals surface area contributed by atoms with E-state index >= 15 is 0 Å². The van der Waals surface area contributed by atoms with Gasteiger partial charge < -0.3 is 5.32 Å². The Labute approximate surface area is 140 Å². The van der Waals surface area contributed by atoms with Gasteiger partial charge in [-0.15, -0.1) is 0 Å². The minimum atomic E-state index is -0.952. The zero-order chi connectivity index (χ0) is 17.0. The summed E-state index contributed by atoms with van der Waals surface area (Å²) in [5.74, 6) is -2.60. The molecule has 0 aliphatic heterocycles. The first-order chi connectivity index (χ1) is 10.9. The van der Waals surface area contributed by atoms with Crippen molar-refractivity contribution in [3.05, 3.63) is 69.2 Å². The molecule has 116 valence electrons. The molecule has 0 atom stereocenters. The molecule has 1 amide bonds. The molecule has 0 radical (unpaired) electrons. The van der Waals surface area contributed by atoms with E-state index in [4.69, 9.17) is 28.5 Å². The highest BCUT2D eigenvalue weighted by atomic mass is 35.5. The fourth-order valence-electron chi connectivity index (χ4n) is 1.72. The van der Waals surface area contributed by atoms with Gasteiger partial charge in [-0.25, -0.2) is 8.78 Å². The number of hydrogen-bond donors (Lipinski definition) is 1. The smallest absolute Gasteiger partial charge is 0.266 e. The normalized spacial score (nSPS) is 11.0. The van der Waals surface area contributed by atoms with Crippen molar-refractivity contribution in [3.8, 4) is 6.07 Å². The van der Waals surface area contributed by atoms with Gasteiger partial charge in [-0.3, -0.25) is 4.79 Å². The maximum atomic E-state index is 13.5. The van der Waals surface area contributed by atoms with Crippen LogP contribution in [0.25, 0.3) is 6.08 Å². The van der Waals surface area contributed by atoms with Crippen molar-refractivity contribution in [3.63, 3.8) is 0 Å². The molecular formula is C16H8Cl2F2N2O. The summed E-state index contributed by atoms with van der Waals surface area (Å²) in [5, 5.41) is 11.8. The van der Waals surface area contributed by atoms with Gasteiger partial charge >= 0.3 is 0 Å². The largest absolute Gasteiger partial charge is 0.319 e. The number of carbonyl (C=O) groups excluding carboxylic acids is 1. The second-order valence-corrected chi connectivity index (χ2v) is 5.20. The van der Waals surface area contributed by atoms with E-state index in [1.807, 2.05) is 0 Å². The van der Waals surface area contributed by atoms with Crippen LogP contribution in [0.2, 0.25) is 10.0 Å². The number of carbonyl (C=O) groups is 1. The quantitative estimate of drug-likeness (QED) is 0.636. The van der Waals surface area contributed by atoms with Gasteiger partial charge in [0, 0.05) is 21.7 Å². The first-order valence-electron chi connectivity index (χ1n) is 6.24. The Bertz CT molecular complexity index is 824. The zero-order valence-electron chi connectivity index (χ0n) is 11.4. The van der Waals surface area contributed by atoms with Crippen molar-refractivity contribution in [2.45, 2.75) is 0 Å². The molecule has 2 aromatic rings. The summed E-state index contributed by atoms with van der Waals surface area (Å²) in [6, 6.07) is 9.06. The number of hydrogen-bond acceptors (Lipinski definition) is 2. The highest BCUT2D eigenvalue weighted by Gasteiger charge is 2.14. The highest BCUT2D eigenvalue weighted by Crippen LogP contribution is 2.27. The summed E-state index contributed by atoms with van der Waals surface area (Å²) in [6.45, 7) is 0. The molecule has 0 unspecified atom stereocenters. The summed E-state index contributed by atoms with van der Waals surface area (Å²) >= 11 is 11.9. The Morgan fingerprint density at radius 2 is 1.83 bits per heavy atom. The first-order valence-corrected chi connectivity index (χ1v) is 7.00. The molecule has 7 heteroatoms. The van der Waals surface area contributed by atoms with Gasteiger partial charge in [0.05, 0.1) is 5.69 Å². The number of anilines is 1. The summed E-state index contributed by atoms with van der Waals surface area (Å²) in [4.78, 5) is 12.1. The average Bonchev–Trinajstić information content (AvgIpc) is 2.50. The lowest BCUT2D eigenvalue weighted by Gasteiger charge is -2.06. The number of rotatable bonds is 3. The van der Waals surface area contributed by atoms with Crippen LogP contribution in [0.5, 0.6) is 0 Å². The molecule has 1 N–H and O–H groups in total. The van der Waals surface area contributed by atoms with Crippen LogP contribution in [0.4, 0.5) is 14.5 Å². The number of benzene rings is 2. The molecule has 0 aliphatic carbocycles. The van der Waals surface area contributed by atoms with E-state index in [1.54, 1.807) is 24.3 Å². The van der Waals surface area contributed by atoms with Gasteiger partial charge in [0.2, 0.25) is 0 Å². The number of nitriles is 1. The zero-order valence-corrected chi connectivity index (χ0v) is 12.9. The lowest BCUT2D eigenvalue weighted by atomic mass is 10.1. The van der Waals surface area contributed by atoms with Gasteiger partial charge in [-0.05, 0) is 30.3 Å². The SMILES string of the molecule is N#C/C(=C\c1c(Cl)cccc1Cl)C(=O)Nc1ccc(F)cc1F. The van der Waals surface area contributed by atoms with Crippen LogP contribution < -0.4 is 5.32 Å². The fourth-order valence-corrected chi connectivity index (χ4v) is 2.23. The van der Waals surface area contributed by atoms with Crippen LogP contribution in [-0.4, -0.2) is 5.91 Å². The lowest BCUT2D eigenvalue weighted by Crippen LogP contribution is -2.14. The van der Waals surface area contributed by atoms with Crippen LogP contribution in [-0.2, 0) is 4.79 Å². The van der Waals surface area contributed by atoms with Crippen LogP contribution >= 0.6 is 23.2 Å². The van der Waals surface area contributed by atoms with E-state index in [0.717, 1.165) is 12.1 Å². The van der Waals surface area contributed by atoms with Crippen molar-refractivity contribution in [1.29, 1.82) is 5.26 Å². The van der Waals surface area contributed by atoms with Gasteiger partial charge in [0.1, 0.15) is 23.3 Å². The highest BCUT2D eigenvalue weighted by molar-refractivity contribution is 6.37. The standard InChI is InChI=1S/C16H8Cl2F2N2O/c17-12-2-1-3-13(18)11(12)6-9(8-21)16(23)22-15-5-4-10(19)7-14(15)20/h1-7H,(H,22,23)/b9-6+. The molecule has 0 aliphatic rings. The maximum absolute atomic E-state index is 13.5. The molecular weight excluding hydrogens is 345 g/mol. The third kappa shape index (κ3) is 4.07. The molecule has 2 aromatic carbocycles. The minimum absolute atomic E-state index is 0.247. The second kappa shape index (κ2) is 7.23. The number of amides is 1. The van der Waals surface area contributed by atoms with Crippen molar-refractivity contribution in [2.75, 3.05) is 5.32 Å². The van der Waals surface area contributed by atoms with E-state index < -0.39 is 17.5 Å². The second-order valence-electron chi connectivity index (χ2n) is 4.38. The molecule has 2 rings (SSSR count). The Kier molecular flexibility index (Phi) is 5.32. The predicted molar refractivity (Wildman–Crippen MR) is 85.0 cm³/mol. The van der Waals surface area contributed by atoms with E-state index in [0.29, 0.717) is 11.6 Å². The molecule has 0 bridgehead atoms. The van der Waals surface area contributed by atoms with Crippen molar-refractivity contribution in [1.82, 2.24) is 0 Å². The lowest BCUT2D eigenvalue weighted by molar-refractivity contribution is -0.112. The Balaban J connectivity index is 2.32. The van der Waals surface area contributed by atoms with E-state index in [-0.39, 0.29) is 21.3 Å². The first kappa shape index (κ1) is 16.9. The molecule has 0 heterocycles. The van der Waals surface area contributed by atoms with Crippen LogP contribution in [0.1, 0.15) is 5.56 Å². The number of nitrogens with zero attached hydrogens (tertiary/aromatic N) is 1. The average molecular weight is 353 g/mol. The number of nitrogens with one attached hydrogen (secondary N) is 1. The summed E-state index contributed by atoms with van der Waals surface area (Å²) < 4.78 is 26.4. The molecule has 0 aromatic heterocycles. The van der Waals surface area contributed by atoms with E-state index in [2.05, 4.69) is 5.32 Å². The fraction of sp³-hybridized carbons (Fsp3) is 0.